The van der Waals surface area contributed by atoms with Gasteiger partial charge >= 0.3 is 5.97 Å². The lowest BCUT2D eigenvalue weighted by Crippen LogP contribution is -2.37. The molecule has 0 bridgehead atoms. The van der Waals surface area contributed by atoms with Crippen molar-refractivity contribution in [1.29, 1.82) is 0 Å². The third-order valence-corrected chi connectivity index (χ3v) is 4.12. The number of benzene rings is 1. The first-order valence-corrected chi connectivity index (χ1v) is 9.10. The Bertz CT molecular complexity index is 588. The second-order valence-corrected chi connectivity index (χ2v) is 7.47. The molecule has 144 valence electrons. The molecule has 26 heavy (non-hydrogen) atoms. The van der Waals surface area contributed by atoms with Crippen LogP contribution in [-0.2, 0) is 30.4 Å². The maximum absolute atomic E-state index is 11.7. The molecule has 1 aliphatic rings. The van der Waals surface area contributed by atoms with Crippen LogP contribution in [0.5, 0.6) is 0 Å². The average Bonchev–Trinajstić information content (AvgIpc) is 2.59. The Labute approximate surface area is 155 Å². The molecular weight excluding hydrogens is 334 g/mol. The van der Waals surface area contributed by atoms with Gasteiger partial charge in [0.25, 0.3) is 6.47 Å². The first kappa shape index (κ1) is 20.2. The summed E-state index contributed by atoms with van der Waals surface area (Å²) in [6.07, 6.45) is 2.30. The summed E-state index contributed by atoms with van der Waals surface area (Å²) in [6.45, 7) is 8.54. The molecule has 0 spiro atoms. The Morgan fingerprint density at radius 2 is 2.00 bits per heavy atom. The van der Waals surface area contributed by atoms with Crippen LogP contribution in [0.15, 0.2) is 24.3 Å². The molecule has 6 nitrogen and oxygen atoms in total. The van der Waals surface area contributed by atoms with Gasteiger partial charge in [-0.05, 0) is 51.3 Å². The number of carbonyl (C=O) groups is 2. The molecule has 0 aliphatic carbocycles. The lowest BCUT2D eigenvalue weighted by Gasteiger charge is -2.33. The molecule has 0 N–H and O–H groups in total. The van der Waals surface area contributed by atoms with E-state index in [0.717, 1.165) is 37.2 Å². The predicted molar refractivity (Wildman–Crippen MR) is 98.9 cm³/mol. The van der Waals surface area contributed by atoms with Gasteiger partial charge in [0.1, 0.15) is 12.2 Å². The fourth-order valence-corrected chi connectivity index (χ4v) is 2.96. The van der Waals surface area contributed by atoms with E-state index in [0.29, 0.717) is 19.7 Å². The van der Waals surface area contributed by atoms with Crippen LogP contribution >= 0.6 is 0 Å². The van der Waals surface area contributed by atoms with Gasteiger partial charge in [-0.1, -0.05) is 12.1 Å². The standard InChI is InChI=1S/C20H29NO5/c1-20(2,3)26-19(23)9-12-25-18-7-10-21(11-8-18)17-6-4-5-16(13-17)14-24-15-22/h4-6,13,15,18H,7-12,14H2,1-3H3. The van der Waals surface area contributed by atoms with Gasteiger partial charge in [0, 0.05) is 18.8 Å². The number of carbonyl (C=O) groups excluding carboxylic acids is 2. The fourth-order valence-electron chi connectivity index (χ4n) is 2.96. The topological polar surface area (TPSA) is 65.1 Å². The molecule has 0 atom stereocenters. The third-order valence-electron chi connectivity index (χ3n) is 4.12. The molecule has 0 aromatic heterocycles. The summed E-state index contributed by atoms with van der Waals surface area (Å²) in [6, 6.07) is 8.03. The molecule has 0 unspecified atom stereocenters. The lowest BCUT2D eigenvalue weighted by molar-refractivity contribution is -0.156. The van der Waals surface area contributed by atoms with Gasteiger partial charge in [-0.15, -0.1) is 0 Å². The van der Waals surface area contributed by atoms with Crippen molar-refractivity contribution in [3.8, 4) is 0 Å². The highest BCUT2D eigenvalue weighted by Gasteiger charge is 2.21. The Morgan fingerprint density at radius 3 is 2.65 bits per heavy atom. The number of esters is 1. The normalized spacial score (nSPS) is 15.6. The summed E-state index contributed by atoms with van der Waals surface area (Å²) in [5.74, 6) is -0.218. The third kappa shape index (κ3) is 7.04. The molecule has 0 saturated carbocycles. The molecule has 0 amide bonds. The molecule has 2 rings (SSSR count). The summed E-state index contributed by atoms with van der Waals surface area (Å²) in [4.78, 5) is 24.3. The lowest BCUT2D eigenvalue weighted by atomic mass is 10.1. The number of ether oxygens (including phenoxy) is 3. The van der Waals surface area contributed by atoms with E-state index in [9.17, 15) is 9.59 Å². The number of rotatable bonds is 8. The highest BCUT2D eigenvalue weighted by Crippen LogP contribution is 2.23. The monoisotopic (exact) mass is 363 g/mol. The van der Waals surface area contributed by atoms with Crippen LogP contribution in [0.4, 0.5) is 5.69 Å². The zero-order chi connectivity index (χ0) is 19.0. The van der Waals surface area contributed by atoms with Gasteiger partial charge < -0.3 is 19.1 Å². The van der Waals surface area contributed by atoms with Crippen molar-refractivity contribution in [3.05, 3.63) is 29.8 Å². The minimum Gasteiger partial charge on any atom is -0.463 e. The van der Waals surface area contributed by atoms with E-state index in [2.05, 4.69) is 11.0 Å². The molecule has 0 radical (unpaired) electrons. The van der Waals surface area contributed by atoms with Crippen LogP contribution in [0.2, 0.25) is 0 Å². The highest BCUT2D eigenvalue weighted by molar-refractivity contribution is 5.69. The van der Waals surface area contributed by atoms with Gasteiger partial charge in [0.15, 0.2) is 0 Å². The maximum Gasteiger partial charge on any atom is 0.308 e. The van der Waals surface area contributed by atoms with Crippen LogP contribution in [-0.4, -0.2) is 43.8 Å². The van der Waals surface area contributed by atoms with E-state index in [1.165, 1.54) is 0 Å². The van der Waals surface area contributed by atoms with Crippen molar-refractivity contribution < 1.29 is 23.8 Å². The number of anilines is 1. The second kappa shape index (κ2) is 9.57. The summed E-state index contributed by atoms with van der Waals surface area (Å²) in [7, 11) is 0. The Kier molecular flexibility index (Phi) is 7.45. The first-order valence-electron chi connectivity index (χ1n) is 9.10. The Balaban J connectivity index is 1.72. The average molecular weight is 363 g/mol. The van der Waals surface area contributed by atoms with Crippen molar-refractivity contribution in [1.82, 2.24) is 0 Å². The number of nitrogens with zero attached hydrogens (tertiary/aromatic N) is 1. The van der Waals surface area contributed by atoms with Crippen LogP contribution in [0, 0.1) is 0 Å². The maximum atomic E-state index is 11.7. The van der Waals surface area contributed by atoms with Crippen molar-refractivity contribution in [2.24, 2.45) is 0 Å². The van der Waals surface area contributed by atoms with Gasteiger partial charge in [-0.2, -0.15) is 0 Å². The number of hydrogen-bond donors (Lipinski definition) is 0. The Hall–Kier alpha value is -2.08. The van der Waals surface area contributed by atoms with Gasteiger partial charge in [-0.3, -0.25) is 9.59 Å². The molecular formula is C20H29NO5. The van der Waals surface area contributed by atoms with Crippen LogP contribution in [0.25, 0.3) is 0 Å². The zero-order valence-corrected chi connectivity index (χ0v) is 15.9. The minimum absolute atomic E-state index is 0.176. The smallest absolute Gasteiger partial charge is 0.308 e. The zero-order valence-electron chi connectivity index (χ0n) is 15.9. The minimum atomic E-state index is -0.451. The molecule has 1 heterocycles. The number of piperidine rings is 1. The van der Waals surface area contributed by atoms with Gasteiger partial charge in [0.2, 0.25) is 0 Å². The molecule has 1 saturated heterocycles. The quantitative estimate of drug-likeness (QED) is 0.522. The SMILES string of the molecule is CC(C)(C)OC(=O)CCOC1CCN(c2cccc(COC=O)c2)CC1. The van der Waals surface area contributed by atoms with E-state index in [4.69, 9.17) is 14.2 Å². The van der Waals surface area contributed by atoms with Gasteiger partial charge in [-0.25, -0.2) is 0 Å². The highest BCUT2D eigenvalue weighted by atomic mass is 16.6. The van der Waals surface area contributed by atoms with Crippen molar-refractivity contribution >= 4 is 18.1 Å². The largest absolute Gasteiger partial charge is 0.463 e. The van der Waals surface area contributed by atoms with E-state index < -0.39 is 5.60 Å². The molecule has 1 aromatic rings. The first-order chi connectivity index (χ1) is 12.4. The van der Waals surface area contributed by atoms with Crippen molar-refractivity contribution in [3.63, 3.8) is 0 Å². The van der Waals surface area contributed by atoms with Crippen LogP contribution < -0.4 is 4.90 Å². The van der Waals surface area contributed by atoms with Crippen LogP contribution in [0.1, 0.15) is 45.6 Å². The fraction of sp³-hybridized carbons (Fsp3) is 0.600. The van der Waals surface area contributed by atoms with Gasteiger partial charge in [0.05, 0.1) is 19.1 Å². The molecule has 1 aromatic carbocycles. The van der Waals surface area contributed by atoms with E-state index in [1.54, 1.807) is 0 Å². The summed E-state index contributed by atoms with van der Waals surface area (Å²) in [5.41, 5.74) is 1.66. The van der Waals surface area contributed by atoms with Crippen molar-refractivity contribution in [2.45, 2.75) is 58.3 Å². The molecule has 6 heteroatoms. The second-order valence-electron chi connectivity index (χ2n) is 7.47. The molecule has 1 fully saturated rings. The predicted octanol–water partition coefficient (Wildman–Crippen LogP) is 3.08. The summed E-state index contributed by atoms with van der Waals surface area (Å²) in [5, 5.41) is 0. The van der Waals surface area contributed by atoms with E-state index in [1.807, 2.05) is 39.0 Å². The summed E-state index contributed by atoms with van der Waals surface area (Å²) >= 11 is 0. The number of hydrogen-bond acceptors (Lipinski definition) is 6. The molecule has 1 aliphatic heterocycles. The Morgan fingerprint density at radius 1 is 1.27 bits per heavy atom. The van der Waals surface area contributed by atoms with Crippen molar-refractivity contribution in [2.75, 3.05) is 24.6 Å². The van der Waals surface area contributed by atoms with Crippen LogP contribution in [0.3, 0.4) is 0 Å². The van der Waals surface area contributed by atoms with E-state index >= 15 is 0 Å². The van der Waals surface area contributed by atoms with E-state index in [-0.39, 0.29) is 18.5 Å². The summed E-state index contributed by atoms with van der Waals surface area (Å²) < 4.78 is 15.9.